The van der Waals surface area contributed by atoms with Gasteiger partial charge in [-0.1, -0.05) is 12.1 Å². The van der Waals surface area contributed by atoms with E-state index in [0.717, 1.165) is 15.6 Å². The molecule has 0 bridgehead atoms. The number of rotatable bonds is 2. The maximum atomic E-state index is 12.7. The molecule has 1 aromatic heterocycles. The van der Waals surface area contributed by atoms with Crippen molar-refractivity contribution >= 4 is 33.0 Å². The molecular weight excluding hydrogens is 288 g/mol. The van der Waals surface area contributed by atoms with Crippen molar-refractivity contribution in [2.24, 2.45) is 0 Å². The zero-order chi connectivity index (χ0) is 15.0. The van der Waals surface area contributed by atoms with Crippen molar-refractivity contribution in [3.05, 3.63) is 28.6 Å². The van der Waals surface area contributed by atoms with E-state index in [0.29, 0.717) is 30.3 Å². The van der Waals surface area contributed by atoms with Gasteiger partial charge >= 0.3 is 0 Å². The van der Waals surface area contributed by atoms with Gasteiger partial charge in [-0.25, -0.2) is 0 Å². The van der Waals surface area contributed by atoms with Gasteiger partial charge in [-0.2, -0.15) is 0 Å². The van der Waals surface area contributed by atoms with Crippen LogP contribution in [0.5, 0.6) is 0 Å². The number of carbonyl (C=O) groups excluding carboxylic acids is 1. The molecule has 1 aliphatic rings. The molecule has 1 saturated heterocycles. The average Bonchev–Trinajstić information content (AvgIpc) is 2.83. The van der Waals surface area contributed by atoms with Crippen LogP contribution < -0.4 is 5.73 Å². The first-order valence-electron chi connectivity index (χ1n) is 6.90. The van der Waals surface area contributed by atoms with Gasteiger partial charge in [-0.3, -0.25) is 4.79 Å². The summed E-state index contributed by atoms with van der Waals surface area (Å²) in [6.07, 6.45) is -0.305. The summed E-state index contributed by atoms with van der Waals surface area (Å²) >= 11 is 1.43. The number of nitrogen functional groups attached to an aromatic ring is 1. The first kappa shape index (κ1) is 14.3. The normalized spacial score (nSPS) is 19.1. The fourth-order valence-electron chi connectivity index (χ4n) is 2.54. The van der Waals surface area contributed by atoms with Crippen molar-refractivity contribution in [2.75, 3.05) is 32.0 Å². The highest BCUT2D eigenvalue weighted by Gasteiger charge is 2.27. The highest BCUT2D eigenvalue weighted by molar-refractivity contribution is 7.21. The number of nitrogens with two attached hydrogens (primary N) is 1. The Labute approximate surface area is 126 Å². The molecule has 1 amide bonds. The molecule has 3 rings (SSSR count). The number of fused-ring (bicyclic) bond motifs is 1. The van der Waals surface area contributed by atoms with E-state index in [1.807, 2.05) is 25.1 Å². The molecule has 0 aliphatic carbocycles. The van der Waals surface area contributed by atoms with Crippen molar-refractivity contribution in [3.8, 4) is 0 Å². The Bertz CT molecular complexity index is 683. The number of nitrogens with zero attached hydrogens (tertiary/aromatic N) is 1. The smallest absolute Gasteiger partial charge is 0.266 e. The third-order valence-electron chi connectivity index (χ3n) is 3.71. The molecular formula is C15H18N2O3S. The Balaban J connectivity index is 1.92. The Morgan fingerprint density at radius 1 is 1.57 bits per heavy atom. The van der Waals surface area contributed by atoms with Crippen LogP contribution in [0.3, 0.4) is 0 Å². The van der Waals surface area contributed by atoms with Crippen LogP contribution in [0.15, 0.2) is 18.2 Å². The van der Waals surface area contributed by atoms with E-state index >= 15 is 0 Å². The second-order valence-corrected chi connectivity index (χ2v) is 6.32. The molecule has 6 heteroatoms. The summed E-state index contributed by atoms with van der Waals surface area (Å²) in [5, 5.41) is 10.1. The van der Waals surface area contributed by atoms with Crippen molar-refractivity contribution in [3.63, 3.8) is 0 Å². The van der Waals surface area contributed by atoms with E-state index < -0.39 is 0 Å². The monoisotopic (exact) mass is 306 g/mol. The molecule has 5 nitrogen and oxygen atoms in total. The van der Waals surface area contributed by atoms with E-state index in [1.165, 1.54) is 11.3 Å². The minimum Gasteiger partial charge on any atom is -0.397 e. The van der Waals surface area contributed by atoms with Gasteiger partial charge < -0.3 is 20.5 Å². The Hall–Kier alpha value is -1.63. The number of morpholine rings is 1. The van der Waals surface area contributed by atoms with Crippen LogP contribution in [-0.2, 0) is 4.74 Å². The van der Waals surface area contributed by atoms with Crippen LogP contribution >= 0.6 is 11.3 Å². The molecule has 112 valence electrons. The number of benzene rings is 1. The summed E-state index contributed by atoms with van der Waals surface area (Å²) in [6.45, 7) is 3.32. The number of carbonyl (C=O) groups is 1. The minimum atomic E-state index is -0.305. The standard InChI is InChI=1S/C15H18N2O3S/c1-9-2-3-11-12(6-9)21-14(13(11)16)15(19)17-4-5-20-10(7-17)8-18/h2-3,6,10,18H,4-5,7-8,16H2,1H3. The van der Waals surface area contributed by atoms with E-state index in [2.05, 4.69) is 0 Å². The topological polar surface area (TPSA) is 75.8 Å². The lowest BCUT2D eigenvalue weighted by molar-refractivity contribution is -0.0445. The lowest BCUT2D eigenvalue weighted by Crippen LogP contribution is -2.46. The molecule has 1 atom stereocenters. The highest BCUT2D eigenvalue weighted by Crippen LogP contribution is 2.35. The summed E-state index contributed by atoms with van der Waals surface area (Å²) < 4.78 is 6.41. The maximum absolute atomic E-state index is 12.7. The molecule has 21 heavy (non-hydrogen) atoms. The van der Waals surface area contributed by atoms with E-state index in [-0.39, 0.29) is 18.6 Å². The third kappa shape index (κ3) is 2.62. The van der Waals surface area contributed by atoms with Gasteiger partial charge in [-0.15, -0.1) is 11.3 Å². The second-order valence-electron chi connectivity index (χ2n) is 5.27. The maximum Gasteiger partial charge on any atom is 0.266 e. The lowest BCUT2D eigenvalue weighted by atomic mass is 10.1. The molecule has 1 aliphatic heterocycles. The average molecular weight is 306 g/mol. The molecule has 0 spiro atoms. The number of hydrogen-bond acceptors (Lipinski definition) is 5. The number of anilines is 1. The number of aliphatic hydroxyl groups excluding tert-OH is 1. The molecule has 1 fully saturated rings. The van der Waals surface area contributed by atoms with E-state index in [1.54, 1.807) is 4.90 Å². The van der Waals surface area contributed by atoms with Crippen LogP contribution in [0.1, 0.15) is 15.2 Å². The summed E-state index contributed by atoms with van der Waals surface area (Å²) in [5.74, 6) is -0.0758. The number of hydrogen-bond donors (Lipinski definition) is 2. The number of amides is 1. The summed E-state index contributed by atoms with van der Waals surface area (Å²) in [5.41, 5.74) is 7.84. The quantitative estimate of drug-likeness (QED) is 0.884. The summed E-state index contributed by atoms with van der Waals surface area (Å²) in [4.78, 5) is 14.9. The zero-order valence-electron chi connectivity index (χ0n) is 11.8. The largest absolute Gasteiger partial charge is 0.397 e. The Kier molecular flexibility index (Phi) is 3.84. The van der Waals surface area contributed by atoms with Crippen LogP contribution in [0, 0.1) is 6.92 Å². The van der Waals surface area contributed by atoms with Crippen molar-refractivity contribution in [2.45, 2.75) is 13.0 Å². The first-order chi connectivity index (χ1) is 10.1. The van der Waals surface area contributed by atoms with Crippen molar-refractivity contribution in [1.82, 2.24) is 4.90 Å². The molecule has 1 unspecified atom stereocenters. The van der Waals surface area contributed by atoms with E-state index in [4.69, 9.17) is 10.5 Å². The van der Waals surface area contributed by atoms with Crippen molar-refractivity contribution in [1.29, 1.82) is 0 Å². The molecule has 2 heterocycles. The predicted octanol–water partition coefficient (Wildman–Crippen LogP) is 1.63. The number of ether oxygens (including phenoxy) is 1. The molecule has 0 radical (unpaired) electrons. The predicted molar refractivity (Wildman–Crippen MR) is 83.7 cm³/mol. The van der Waals surface area contributed by atoms with Gasteiger partial charge in [-0.05, 0) is 18.6 Å². The van der Waals surface area contributed by atoms with Gasteiger partial charge in [0, 0.05) is 23.2 Å². The molecule has 0 saturated carbocycles. The number of thiophene rings is 1. The minimum absolute atomic E-state index is 0.0758. The van der Waals surface area contributed by atoms with Gasteiger partial charge in [0.25, 0.3) is 5.91 Å². The van der Waals surface area contributed by atoms with Crippen LogP contribution in [0.2, 0.25) is 0 Å². The number of aryl methyl sites for hydroxylation is 1. The van der Waals surface area contributed by atoms with Gasteiger partial charge in [0.15, 0.2) is 0 Å². The van der Waals surface area contributed by atoms with Gasteiger partial charge in [0.1, 0.15) is 4.88 Å². The fraction of sp³-hybridized carbons (Fsp3) is 0.400. The lowest BCUT2D eigenvalue weighted by Gasteiger charge is -2.31. The Morgan fingerprint density at radius 3 is 3.14 bits per heavy atom. The van der Waals surface area contributed by atoms with E-state index in [9.17, 15) is 9.90 Å². The second kappa shape index (κ2) is 5.63. The van der Waals surface area contributed by atoms with Crippen LogP contribution in [0.25, 0.3) is 10.1 Å². The summed E-state index contributed by atoms with van der Waals surface area (Å²) in [6, 6.07) is 6.00. The summed E-state index contributed by atoms with van der Waals surface area (Å²) in [7, 11) is 0. The van der Waals surface area contributed by atoms with Crippen LogP contribution in [-0.4, -0.2) is 48.3 Å². The van der Waals surface area contributed by atoms with Crippen molar-refractivity contribution < 1.29 is 14.6 Å². The Morgan fingerprint density at radius 2 is 2.38 bits per heavy atom. The molecule has 1 aromatic carbocycles. The zero-order valence-corrected chi connectivity index (χ0v) is 12.7. The SMILES string of the molecule is Cc1ccc2c(N)c(C(=O)N3CCOC(CO)C3)sc2c1. The molecule has 2 aromatic rings. The highest BCUT2D eigenvalue weighted by atomic mass is 32.1. The third-order valence-corrected chi connectivity index (χ3v) is 4.86. The number of aliphatic hydroxyl groups is 1. The molecule has 3 N–H and O–H groups in total. The fourth-order valence-corrected chi connectivity index (χ4v) is 3.73. The van der Waals surface area contributed by atoms with Gasteiger partial charge in [0.05, 0.1) is 25.0 Å². The first-order valence-corrected chi connectivity index (χ1v) is 7.72. The van der Waals surface area contributed by atoms with Gasteiger partial charge in [0.2, 0.25) is 0 Å². The van der Waals surface area contributed by atoms with Crippen LogP contribution in [0.4, 0.5) is 5.69 Å².